The van der Waals surface area contributed by atoms with E-state index in [0.29, 0.717) is 11.3 Å². The summed E-state index contributed by atoms with van der Waals surface area (Å²) in [7, 11) is 0. The van der Waals surface area contributed by atoms with Crippen LogP contribution < -0.4 is 5.32 Å². The molecule has 0 atom stereocenters. The summed E-state index contributed by atoms with van der Waals surface area (Å²) in [5.41, 5.74) is 3.09. The van der Waals surface area contributed by atoms with Gasteiger partial charge in [-0.15, -0.1) is 0 Å². The fourth-order valence-electron chi connectivity index (χ4n) is 2.40. The van der Waals surface area contributed by atoms with Crippen LogP contribution in [0.25, 0.3) is 17.0 Å². The lowest BCUT2D eigenvalue weighted by Crippen LogP contribution is -2.11. The number of imidazole rings is 1. The van der Waals surface area contributed by atoms with Crippen LogP contribution in [0.1, 0.15) is 10.4 Å². The zero-order chi connectivity index (χ0) is 16.4. The van der Waals surface area contributed by atoms with Crippen molar-refractivity contribution in [1.29, 1.82) is 0 Å². The third-order valence-electron chi connectivity index (χ3n) is 3.62. The first-order valence-electron chi connectivity index (χ1n) is 7.41. The number of rotatable bonds is 3. The van der Waals surface area contributed by atoms with Crippen molar-refractivity contribution in [3.05, 3.63) is 79.0 Å². The number of pyridine rings is 1. The minimum absolute atomic E-state index is 0.165. The monoisotopic (exact) mass is 315 g/mol. The van der Waals surface area contributed by atoms with E-state index in [1.165, 1.54) is 0 Å². The van der Waals surface area contributed by atoms with Crippen LogP contribution in [0, 0.1) is 0 Å². The van der Waals surface area contributed by atoms with Gasteiger partial charge in [0.2, 0.25) is 5.78 Å². The molecule has 1 N–H and O–H groups in total. The molecule has 3 aromatic heterocycles. The molecule has 6 nitrogen and oxygen atoms in total. The molecule has 0 spiro atoms. The topological polar surface area (TPSA) is 72.2 Å². The Balaban J connectivity index is 1.55. The van der Waals surface area contributed by atoms with Gasteiger partial charge in [-0.2, -0.15) is 0 Å². The van der Waals surface area contributed by atoms with Gasteiger partial charge in [0.1, 0.15) is 0 Å². The standard InChI is InChI=1S/C18H13N5O/c24-17(14-6-9-19-10-7-14)21-15-4-2-13(3-5-15)16-12-23-11-1-8-20-18(23)22-16/h1-12H,(H,21,24). The van der Waals surface area contributed by atoms with Gasteiger partial charge in [-0.25, -0.2) is 9.97 Å². The largest absolute Gasteiger partial charge is 0.322 e. The number of nitrogens with zero attached hydrogens (tertiary/aromatic N) is 4. The van der Waals surface area contributed by atoms with Gasteiger partial charge in [0.05, 0.1) is 5.69 Å². The molecule has 0 unspecified atom stereocenters. The van der Waals surface area contributed by atoms with E-state index in [1.54, 1.807) is 30.7 Å². The first-order valence-corrected chi connectivity index (χ1v) is 7.41. The van der Waals surface area contributed by atoms with Crippen molar-refractivity contribution in [2.24, 2.45) is 0 Å². The molecule has 0 aliphatic rings. The Morgan fingerprint density at radius 1 is 1.00 bits per heavy atom. The molecule has 0 bridgehead atoms. The van der Waals surface area contributed by atoms with Crippen molar-refractivity contribution >= 4 is 17.4 Å². The average Bonchev–Trinajstić information content (AvgIpc) is 3.07. The summed E-state index contributed by atoms with van der Waals surface area (Å²) in [6.07, 6.45) is 8.73. The highest BCUT2D eigenvalue weighted by Crippen LogP contribution is 2.21. The molecule has 6 heteroatoms. The number of anilines is 1. The highest BCUT2D eigenvalue weighted by Gasteiger charge is 2.07. The Bertz CT molecular complexity index is 960. The second-order valence-corrected chi connectivity index (χ2v) is 5.22. The highest BCUT2D eigenvalue weighted by atomic mass is 16.1. The summed E-state index contributed by atoms with van der Waals surface area (Å²) < 4.78 is 1.87. The Labute approximate surface area is 137 Å². The predicted molar refractivity (Wildman–Crippen MR) is 90.6 cm³/mol. The molecule has 0 saturated heterocycles. The molecule has 1 amide bonds. The van der Waals surface area contributed by atoms with Gasteiger partial charge in [-0.05, 0) is 30.3 Å². The summed E-state index contributed by atoms with van der Waals surface area (Å²) in [4.78, 5) is 24.7. The quantitative estimate of drug-likeness (QED) is 0.631. The molecule has 3 heterocycles. The van der Waals surface area contributed by atoms with Crippen LogP contribution in [-0.2, 0) is 0 Å². The van der Waals surface area contributed by atoms with E-state index in [0.717, 1.165) is 16.9 Å². The number of carbonyl (C=O) groups is 1. The normalized spacial score (nSPS) is 10.7. The smallest absolute Gasteiger partial charge is 0.255 e. The first kappa shape index (κ1) is 14.1. The van der Waals surface area contributed by atoms with Gasteiger partial charge < -0.3 is 5.32 Å². The Morgan fingerprint density at radius 3 is 2.54 bits per heavy atom. The molecule has 0 aliphatic heterocycles. The van der Waals surface area contributed by atoms with Crippen molar-refractivity contribution in [3.63, 3.8) is 0 Å². The number of nitrogens with one attached hydrogen (secondary N) is 1. The Hall–Kier alpha value is -3.54. The zero-order valence-electron chi connectivity index (χ0n) is 12.6. The predicted octanol–water partition coefficient (Wildman–Crippen LogP) is 3.04. The fraction of sp³-hybridized carbons (Fsp3) is 0. The van der Waals surface area contributed by atoms with E-state index in [-0.39, 0.29) is 5.91 Å². The number of carbonyl (C=O) groups excluding carboxylic acids is 1. The van der Waals surface area contributed by atoms with Crippen molar-refractivity contribution in [1.82, 2.24) is 19.4 Å². The van der Waals surface area contributed by atoms with Crippen LogP contribution in [0.5, 0.6) is 0 Å². The first-order chi connectivity index (χ1) is 11.8. The third-order valence-corrected chi connectivity index (χ3v) is 3.62. The molecule has 1 aromatic carbocycles. The fourth-order valence-corrected chi connectivity index (χ4v) is 2.40. The van der Waals surface area contributed by atoms with E-state index in [1.807, 2.05) is 47.1 Å². The second kappa shape index (κ2) is 5.92. The van der Waals surface area contributed by atoms with E-state index in [4.69, 9.17) is 0 Å². The van der Waals surface area contributed by atoms with Crippen LogP contribution >= 0.6 is 0 Å². The van der Waals surface area contributed by atoms with E-state index in [9.17, 15) is 4.79 Å². The van der Waals surface area contributed by atoms with Crippen LogP contribution in [0.3, 0.4) is 0 Å². The zero-order valence-corrected chi connectivity index (χ0v) is 12.6. The molecule has 4 aromatic rings. The van der Waals surface area contributed by atoms with Crippen LogP contribution in [0.4, 0.5) is 5.69 Å². The molecular weight excluding hydrogens is 302 g/mol. The van der Waals surface area contributed by atoms with Gasteiger partial charge in [0.25, 0.3) is 5.91 Å². The number of aromatic nitrogens is 4. The molecule has 0 radical (unpaired) electrons. The van der Waals surface area contributed by atoms with Gasteiger partial charge in [0, 0.05) is 47.8 Å². The minimum Gasteiger partial charge on any atom is -0.322 e. The maximum atomic E-state index is 12.1. The molecule has 0 saturated carbocycles. The van der Waals surface area contributed by atoms with E-state index < -0.39 is 0 Å². The van der Waals surface area contributed by atoms with Crippen molar-refractivity contribution in [2.75, 3.05) is 5.32 Å². The molecule has 24 heavy (non-hydrogen) atoms. The lowest BCUT2D eigenvalue weighted by molar-refractivity contribution is 0.102. The van der Waals surface area contributed by atoms with Gasteiger partial charge in [-0.3, -0.25) is 14.2 Å². The van der Waals surface area contributed by atoms with Crippen molar-refractivity contribution in [3.8, 4) is 11.3 Å². The summed E-state index contributed by atoms with van der Waals surface area (Å²) in [5.74, 6) is 0.490. The van der Waals surface area contributed by atoms with Crippen LogP contribution in [0.15, 0.2) is 73.4 Å². The number of amides is 1. The van der Waals surface area contributed by atoms with Crippen molar-refractivity contribution in [2.45, 2.75) is 0 Å². The summed E-state index contributed by atoms with van der Waals surface area (Å²) in [5, 5.41) is 2.86. The van der Waals surface area contributed by atoms with Gasteiger partial charge >= 0.3 is 0 Å². The maximum absolute atomic E-state index is 12.1. The molecule has 0 fully saturated rings. The minimum atomic E-state index is -0.165. The SMILES string of the molecule is O=C(Nc1ccc(-c2cn3cccnc3n2)cc1)c1ccncc1. The van der Waals surface area contributed by atoms with Crippen molar-refractivity contribution < 1.29 is 4.79 Å². The van der Waals surface area contributed by atoms with E-state index in [2.05, 4.69) is 20.3 Å². The Kier molecular flexibility index (Phi) is 3.47. The number of fused-ring (bicyclic) bond motifs is 1. The maximum Gasteiger partial charge on any atom is 0.255 e. The molecule has 116 valence electrons. The molecule has 4 rings (SSSR count). The summed E-state index contributed by atoms with van der Waals surface area (Å²) >= 11 is 0. The molecule has 0 aliphatic carbocycles. The van der Waals surface area contributed by atoms with Gasteiger partial charge in [0.15, 0.2) is 0 Å². The van der Waals surface area contributed by atoms with E-state index >= 15 is 0 Å². The second-order valence-electron chi connectivity index (χ2n) is 5.22. The third kappa shape index (κ3) is 2.72. The average molecular weight is 315 g/mol. The van der Waals surface area contributed by atoms with Gasteiger partial charge in [-0.1, -0.05) is 12.1 Å². The highest BCUT2D eigenvalue weighted by molar-refractivity contribution is 6.04. The summed E-state index contributed by atoms with van der Waals surface area (Å²) in [6.45, 7) is 0. The number of hydrogen-bond acceptors (Lipinski definition) is 4. The lowest BCUT2D eigenvalue weighted by atomic mass is 10.1. The van der Waals surface area contributed by atoms with Crippen LogP contribution in [-0.4, -0.2) is 25.3 Å². The summed E-state index contributed by atoms with van der Waals surface area (Å²) in [6, 6.07) is 12.8. The number of benzene rings is 1. The van der Waals surface area contributed by atoms with Crippen LogP contribution in [0.2, 0.25) is 0 Å². The Morgan fingerprint density at radius 2 is 1.79 bits per heavy atom. The molecular formula is C18H13N5O. The number of hydrogen-bond donors (Lipinski definition) is 1. The lowest BCUT2D eigenvalue weighted by Gasteiger charge is -2.05.